The molecule has 30 heteroatoms. The van der Waals surface area contributed by atoms with Crippen LogP contribution in [0.2, 0.25) is 0 Å². The Labute approximate surface area is 383 Å². The van der Waals surface area contributed by atoms with Crippen molar-refractivity contribution in [2.75, 3.05) is 11.5 Å². The van der Waals surface area contributed by atoms with Gasteiger partial charge in [-0.15, -0.1) is 15.3 Å². The molecular formula is C38H28N8O17S5. The zero-order valence-corrected chi connectivity index (χ0v) is 37.5. The van der Waals surface area contributed by atoms with Crippen LogP contribution in [0.3, 0.4) is 0 Å². The molecule has 0 amide bonds. The number of phenols is 2. The zero-order chi connectivity index (χ0) is 49.9. The number of rotatable bonds is 12. The van der Waals surface area contributed by atoms with Gasteiger partial charge in [0.05, 0.1) is 37.9 Å². The monoisotopic (exact) mass is 1030 g/mol. The number of benzene rings is 7. The lowest BCUT2D eigenvalue weighted by Gasteiger charge is -2.14. The second-order valence-corrected chi connectivity index (χ2v) is 21.1. The summed E-state index contributed by atoms with van der Waals surface area (Å²) in [5, 5.41) is 43.9. The van der Waals surface area contributed by atoms with Crippen molar-refractivity contribution in [1.82, 2.24) is 0 Å². The quantitative estimate of drug-likeness (QED) is 0.0321. The van der Waals surface area contributed by atoms with E-state index in [1.807, 2.05) is 0 Å². The number of hydrogen-bond donors (Lipinski definition) is 9. The Morgan fingerprint density at radius 1 is 0.368 bits per heavy atom. The van der Waals surface area contributed by atoms with E-state index in [4.69, 9.17) is 11.5 Å². The van der Waals surface area contributed by atoms with Gasteiger partial charge in [0.25, 0.3) is 50.6 Å². The second kappa shape index (κ2) is 17.4. The summed E-state index contributed by atoms with van der Waals surface area (Å²) in [6.07, 6.45) is 0. The highest BCUT2D eigenvalue weighted by Gasteiger charge is 2.29. The fraction of sp³-hybridized carbons (Fsp3) is 0. The SMILES string of the molecule is Nc1cc(S(=O)(=O)O)cc2cc(S(=O)(=O)O)c(N=Nc3ccc(-c4ccc(N=Nc5c(S(=O)(=O)O)cc6cc(S(=O)(=O)O)c(N=Nc7ccc(S(=O)(=O)O)cc7)c(O)c6c5N)cc4)cc3)c(O)c12. The van der Waals surface area contributed by atoms with Crippen LogP contribution in [-0.4, -0.2) is 75.1 Å². The van der Waals surface area contributed by atoms with Gasteiger partial charge in [0.15, 0.2) is 11.5 Å². The summed E-state index contributed by atoms with van der Waals surface area (Å²) in [6, 6.07) is 19.8. The van der Waals surface area contributed by atoms with Crippen LogP contribution in [-0.2, 0) is 50.6 Å². The summed E-state index contributed by atoms with van der Waals surface area (Å²) < 4.78 is 169. The summed E-state index contributed by atoms with van der Waals surface area (Å²) in [4.78, 5) is -4.26. The number of nitrogen functional groups attached to an aromatic ring is 2. The first-order valence-corrected chi connectivity index (χ1v) is 25.4. The van der Waals surface area contributed by atoms with E-state index in [2.05, 4.69) is 30.7 Å². The standard InChI is InChI=1S/C38H28N8O17S5/c39-27-17-26(65(52,53)54)13-20-14-29(67(58,59)60)35(37(47)31(20)27)45-42-23-7-3-19(4-8-23)18-1-5-22(6-2-18)41-44-34-28(66(55,56)57)15-21-16-30(68(61,62)63)36(38(48)32(21)33(34)40)46-43-24-9-11-25(12-10-24)64(49,50)51/h1-17,47-48H,39-40H2,(H,49,50,51)(H,52,53,54)(H,55,56,57)(H,58,59,60)(H,61,62,63). The number of nitrogens with zero attached hydrogens (tertiary/aromatic N) is 6. The Balaban J connectivity index is 1.19. The van der Waals surface area contributed by atoms with E-state index in [9.17, 15) is 75.1 Å². The van der Waals surface area contributed by atoms with Gasteiger partial charge in [-0.05, 0) is 101 Å². The maximum Gasteiger partial charge on any atom is 0.296 e. The number of hydrogen-bond acceptors (Lipinski definition) is 20. The van der Waals surface area contributed by atoms with E-state index in [1.165, 1.54) is 24.3 Å². The highest BCUT2D eigenvalue weighted by molar-refractivity contribution is 7.87. The lowest BCUT2D eigenvalue weighted by Crippen LogP contribution is -2.03. The molecular weight excluding hydrogens is 1000 g/mol. The topological polar surface area (TPSA) is 439 Å². The first-order valence-electron chi connectivity index (χ1n) is 18.2. The molecule has 0 unspecified atom stereocenters. The summed E-state index contributed by atoms with van der Waals surface area (Å²) in [5.74, 6) is -1.93. The molecule has 0 saturated carbocycles. The molecule has 7 aromatic carbocycles. The van der Waals surface area contributed by atoms with E-state index in [0.29, 0.717) is 23.3 Å². The molecule has 11 N–H and O–H groups in total. The average molecular weight is 1030 g/mol. The van der Waals surface area contributed by atoms with Crippen molar-refractivity contribution in [3.05, 3.63) is 103 Å². The Morgan fingerprint density at radius 2 is 0.706 bits per heavy atom. The number of phenolic OH excluding ortho intramolecular Hbond substituents is 2. The highest BCUT2D eigenvalue weighted by atomic mass is 32.2. The van der Waals surface area contributed by atoms with Crippen molar-refractivity contribution in [3.8, 4) is 22.6 Å². The molecule has 0 radical (unpaired) electrons. The van der Waals surface area contributed by atoms with Gasteiger partial charge in [0, 0.05) is 11.1 Å². The Bertz CT molecular complexity index is 3950. The Hall–Kier alpha value is -7.39. The maximum atomic E-state index is 12.5. The molecule has 0 heterocycles. The van der Waals surface area contributed by atoms with Crippen LogP contribution in [0.15, 0.2) is 158 Å². The van der Waals surface area contributed by atoms with Crippen LogP contribution in [0.25, 0.3) is 32.7 Å². The molecule has 68 heavy (non-hydrogen) atoms. The molecule has 0 atom stereocenters. The molecule has 0 aliphatic carbocycles. The van der Waals surface area contributed by atoms with Gasteiger partial charge in [-0.25, -0.2) is 0 Å². The summed E-state index contributed by atoms with van der Waals surface area (Å²) in [7, 11) is -24.9. The summed E-state index contributed by atoms with van der Waals surface area (Å²) in [6.45, 7) is 0. The van der Waals surface area contributed by atoms with Crippen molar-refractivity contribution >= 4 is 118 Å². The van der Waals surface area contributed by atoms with E-state index in [0.717, 1.165) is 42.5 Å². The molecule has 0 aromatic heterocycles. The van der Waals surface area contributed by atoms with E-state index >= 15 is 0 Å². The van der Waals surface area contributed by atoms with Crippen molar-refractivity contribution in [3.63, 3.8) is 0 Å². The molecule has 0 aliphatic heterocycles. The summed E-state index contributed by atoms with van der Waals surface area (Å²) >= 11 is 0. The number of azo groups is 3. The van der Waals surface area contributed by atoms with Gasteiger partial charge in [0.2, 0.25) is 0 Å². The minimum Gasteiger partial charge on any atom is -0.505 e. The second-order valence-electron chi connectivity index (χ2n) is 14.1. The van der Waals surface area contributed by atoms with Crippen LogP contribution >= 0.6 is 0 Å². The maximum absolute atomic E-state index is 12.5. The van der Waals surface area contributed by atoms with Crippen LogP contribution in [0.5, 0.6) is 11.5 Å². The smallest absolute Gasteiger partial charge is 0.296 e. The van der Waals surface area contributed by atoms with Crippen molar-refractivity contribution < 1.29 is 75.1 Å². The number of nitrogens with two attached hydrogens (primary N) is 2. The van der Waals surface area contributed by atoms with Crippen molar-refractivity contribution in [2.24, 2.45) is 30.7 Å². The predicted octanol–water partition coefficient (Wildman–Crippen LogP) is 7.72. The van der Waals surface area contributed by atoms with Crippen molar-refractivity contribution in [1.29, 1.82) is 0 Å². The predicted molar refractivity (Wildman–Crippen MR) is 240 cm³/mol. The largest absolute Gasteiger partial charge is 0.505 e. The van der Waals surface area contributed by atoms with Crippen LogP contribution in [0, 0.1) is 0 Å². The third-order valence-electron chi connectivity index (χ3n) is 9.60. The van der Waals surface area contributed by atoms with Gasteiger partial charge in [-0.2, -0.15) is 57.4 Å². The van der Waals surface area contributed by atoms with E-state index < -0.39 is 120 Å². The molecule has 0 saturated heterocycles. The molecule has 0 bridgehead atoms. The van der Waals surface area contributed by atoms with Crippen LogP contribution in [0.4, 0.5) is 45.5 Å². The number of anilines is 2. The minimum absolute atomic E-state index is 0.0834. The third-order valence-corrected chi connectivity index (χ3v) is 13.9. The summed E-state index contributed by atoms with van der Waals surface area (Å²) in [5.41, 5.74) is 9.97. The highest BCUT2D eigenvalue weighted by Crippen LogP contribution is 2.49. The molecule has 25 nitrogen and oxygen atoms in total. The molecule has 0 fully saturated rings. The molecule has 7 aromatic rings. The fourth-order valence-corrected chi connectivity index (χ4v) is 9.50. The van der Waals surface area contributed by atoms with Crippen LogP contribution < -0.4 is 11.5 Å². The minimum atomic E-state index is -5.24. The van der Waals surface area contributed by atoms with Crippen molar-refractivity contribution in [2.45, 2.75) is 24.5 Å². The van der Waals surface area contributed by atoms with Gasteiger partial charge in [0.1, 0.15) is 31.7 Å². The van der Waals surface area contributed by atoms with Crippen LogP contribution in [0.1, 0.15) is 0 Å². The fourth-order valence-electron chi connectivity index (χ4n) is 6.49. The third kappa shape index (κ3) is 9.98. The molecule has 0 spiro atoms. The van der Waals surface area contributed by atoms with Gasteiger partial charge in [-0.3, -0.25) is 22.8 Å². The van der Waals surface area contributed by atoms with E-state index in [1.54, 1.807) is 24.3 Å². The van der Waals surface area contributed by atoms with Gasteiger partial charge in [-0.1, -0.05) is 24.3 Å². The van der Waals surface area contributed by atoms with Gasteiger partial charge >= 0.3 is 0 Å². The molecule has 0 aliphatic rings. The van der Waals surface area contributed by atoms with E-state index in [-0.39, 0.29) is 33.5 Å². The number of fused-ring (bicyclic) bond motifs is 2. The molecule has 352 valence electrons. The Kier molecular flexibility index (Phi) is 12.4. The zero-order valence-electron chi connectivity index (χ0n) is 33.4. The molecule has 7 rings (SSSR count). The first-order chi connectivity index (χ1) is 31.5. The Morgan fingerprint density at radius 3 is 1.09 bits per heavy atom. The van der Waals surface area contributed by atoms with Gasteiger partial charge < -0.3 is 21.7 Å². The lowest BCUT2D eigenvalue weighted by atomic mass is 10.0. The normalized spacial score (nSPS) is 13.1. The lowest BCUT2D eigenvalue weighted by molar-refractivity contribution is 0.471. The average Bonchev–Trinajstić information content (AvgIpc) is 3.23. The first kappa shape index (κ1) is 48.5. The number of aromatic hydroxyl groups is 2.